The number of allylic oxidation sites excluding steroid dienone is 2. The van der Waals surface area contributed by atoms with Crippen molar-refractivity contribution in [2.45, 2.75) is 13.8 Å². The molecule has 2 amide bonds. The zero-order chi connectivity index (χ0) is 24.1. The Bertz CT molecular complexity index is 1260. The van der Waals surface area contributed by atoms with Crippen molar-refractivity contribution < 1.29 is 28.7 Å². The number of hydrogen-bond acceptors (Lipinski definition) is 8. The van der Waals surface area contributed by atoms with E-state index in [2.05, 4.69) is 18.1 Å². The Morgan fingerprint density at radius 3 is 2.15 bits per heavy atom. The highest BCUT2D eigenvalue weighted by atomic mass is 16.6. The fourth-order valence-electron chi connectivity index (χ4n) is 2.87. The molecule has 0 saturated heterocycles. The summed E-state index contributed by atoms with van der Waals surface area (Å²) in [6, 6.07) is 12.3. The first-order valence-electron chi connectivity index (χ1n) is 9.52. The van der Waals surface area contributed by atoms with Gasteiger partial charge < -0.3 is 14.2 Å². The average molecular weight is 449 g/mol. The topological polar surface area (TPSA) is 121 Å². The van der Waals surface area contributed by atoms with Gasteiger partial charge in [0.2, 0.25) is 0 Å². The third kappa shape index (κ3) is 5.31. The molecular weight excluding hydrogens is 430 g/mol. The van der Waals surface area contributed by atoms with Gasteiger partial charge in [-0.25, -0.2) is 14.6 Å². The van der Waals surface area contributed by atoms with Crippen LogP contribution < -0.4 is 9.64 Å². The van der Waals surface area contributed by atoms with E-state index in [0.29, 0.717) is 21.4 Å². The van der Waals surface area contributed by atoms with Crippen LogP contribution in [0.4, 0.5) is 21.1 Å². The van der Waals surface area contributed by atoms with Crippen molar-refractivity contribution in [2.75, 3.05) is 4.90 Å². The smallest absolute Gasteiger partial charge is 0.430 e. The van der Waals surface area contributed by atoms with Crippen molar-refractivity contribution in [2.24, 2.45) is 0 Å². The Labute approximate surface area is 188 Å². The van der Waals surface area contributed by atoms with Crippen LogP contribution in [0.15, 0.2) is 79.4 Å². The maximum absolute atomic E-state index is 12.5. The largest absolute Gasteiger partial charge is 0.457 e. The highest BCUT2D eigenvalue weighted by molar-refractivity contribution is 6.09. The Morgan fingerprint density at radius 2 is 1.58 bits per heavy atom. The molecule has 0 bridgehead atoms. The van der Waals surface area contributed by atoms with E-state index in [0.717, 1.165) is 0 Å². The van der Waals surface area contributed by atoms with E-state index in [-0.39, 0.29) is 28.8 Å². The number of nitrogens with zero attached hydrogens (tertiary/aromatic N) is 3. The molecular formula is C23H19N3O7. The molecule has 0 N–H and O–H groups in total. The van der Waals surface area contributed by atoms with E-state index in [1.807, 2.05) is 0 Å². The number of benzene rings is 2. The lowest BCUT2D eigenvalue weighted by molar-refractivity contribution is -0.383. The summed E-state index contributed by atoms with van der Waals surface area (Å²) in [7, 11) is 0. The second-order valence-corrected chi connectivity index (χ2v) is 6.81. The van der Waals surface area contributed by atoms with Crippen LogP contribution in [0, 0.1) is 10.1 Å². The van der Waals surface area contributed by atoms with Crippen LogP contribution in [-0.2, 0) is 9.47 Å². The lowest BCUT2D eigenvalue weighted by Crippen LogP contribution is -2.38. The molecule has 0 unspecified atom stereocenters. The molecule has 3 rings (SSSR count). The molecule has 0 aliphatic heterocycles. The SMILES string of the molecule is C=C(C)OC(=O)N(C(=O)OC(=C)C)c1cc(Oc2ccc([N+](=O)[O-])c3ccccc23)ccn1. The van der Waals surface area contributed by atoms with Gasteiger partial charge >= 0.3 is 12.2 Å². The monoisotopic (exact) mass is 449 g/mol. The fourth-order valence-corrected chi connectivity index (χ4v) is 2.87. The van der Waals surface area contributed by atoms with E-state index in [1.54, 1.807) is 24.3 Å². The number of carbonyl (C=O) groups is 2. The third-order valence-corrected chi connectivity index (χ3v) is 4.12. The molecule has 10 heteroatoms. The summed E-state index contributed by atoms with van der Waals surface area (Å²) in [4.78, 5) is 40.4. The van der Waals surface area contributed by atoms with Crippen molar-refractivity contribution in [1.82, 2.24) is 4.98 Å². The van der Waals surface area contributed by atoms with Crippen LogP contribution in [0.25, 0.3) is 10.8 Å². The molecule has 10 nitrogen and oxygen atoms in total. The van der Waals surface area contributed by atoms with Crippen LogP contribution in [0.5, 0.6) is 11.5 Å². The van der Waals surface area contributed by atoms with E-state index in [4.69, 9.17) is 14.2 Å². The number of carbonyl (C=O) groups excluding carboxylic acids is 2. The highest BCUT2D eigenvalue weighted by Gasteiger charge is 2.29. The highest BCUT2D eigenvalue weighted by Crippen LogP contribution is 2.35. The first kappa shape index (κ1) is 22.9. The van der Waals surface area contributed by atoms with E-state index < -0.39 is 17.1 Å². The number of fused-ring (bicyclic) bond motifs is 1. The Balaban J connectivity index is 2.00. The first-order valence-corrected chi connectivity index (χ1v) is 9.52. The number of pyridine rings is 1. The van der Waals surface area contributed by atoms with Crippen LogP contribution in [-0.4, -0.2) is 22.1 Å². The van der Waals surface area contributed by atoms with Crippen molar-refractivity contribution in [3.8, 4) is 11.5 Å². The number of anilines is 1. The second kappa shape index (κ2) is 9.60. The molecule has 3 aromatic rings. The minimum absolute atomic E-state index is 0.0536. The molecule has 0 saturated carbocycles. The van der Waals surface area contributed by atoms with Gasteiger partial charge in [0.15, 0.2) is 5.82 Å². The third-order valence-electron chi connectivity index (χ3n) is 4.12. The fraction of sp³-hybridized carbons (Fsp3) is 0.0870. The van der Waals surface area contributed by atoms with Gasteiger partial charge in [-0.05, 0) is 32.0 Å². The summed E-state index contributed by atoms with van der Waals surface area (Å²) in [6.45, 7) is 9.84. The quantitative estimate of drug-likeness (QED) is 0.252. The molecule has 33 heavy (non-hydrogen) atoms. The predicted octanol–water partition coefficient (Wildman–Crippen LogP) is 6.08. The molecule has 1 heterocycles. The molecule has 0 fully saturated rings. The molecule has 2 aromatic carbocycles. The van der Waals surface area contributed by atoms with Crippen LogP contribution in [0.2, 0.25) is 0 Å². The number of aromatic nitrogens is 1. The van der Waals surface area contributed by atoms with Crippen molar-refractivity contribution in [3.05, 3.63) is 89.5 Å². The van der Waals surface area contributed by atoms with Gasteiger partial charge in [0.05, 0.1) is 21.8 Å². The number of ether oxygens (including phenoxy) is 3. The molecule has 168 valence electrons. The summed E-state index contributed by atoms with van der Waals surface area (Å²) in [5.74, 6) is 0.496. The minimum atomic E-state index is -1.08. The second-order valence-electron chi connectivity index (χ2n) is 6.81. The number of non-ortho nitro benzene ring substituents is 1. The van der Waals surface area contributed by atoms with Gasteiger partial charge in [-0.2, -0.15) is 4.90 Å². The molecule has 1 aromatic heterocycles. The predicted molar refractivity (Wildman–Crippen MR) is 120 cm³/mol. The Hall–Kier alpha value is -4.73. The number of imide groups is 1. The number of rotatable bonds is 6. The zero-order valence-electron chi connectivity index (χ0n) is 17.8. The summed E-state index contributed by atoms with van der Waals surface area (Å²) >= 11 is 0. The molecule has 0 aliphatic carbocycles. The van der Waals surface area contributed by atoms with Crippen molar-refractivity contribution >= 4 is 34.5 Å². The van der Waals surface area contributed by atoms with Gasteiger partial charge in [-0.3, -0.25) is 10.1 Å². The van der Waals surface area contributed by atoms with Crippen molar-refractivity contribution in [3.63, 3.8) is 0 Å². The average Bonchev–Trinajstić information content (AvgIpc) is 2.73. The van der Waals surface area contributed by atoms with Gasteiger partial charge in [0, 0.05) is 23.7 Å². The number of hydrogen-bond donors (Lipinski definition) is 0. The molecule has 0 radical (unpaired) electrons. The Morgan fingerprint density at radius 1 is 0.970 bits per heavy atom. The zero-order valence-corrected chi connectivity index (χ0v) is 17.8. The molecule has 0 aliphatic rings. The van der Waals surface area contributed by atoms with Gasteiger partial charge in [-0.1, -0.05) is 31.4 Å². The Kier molecular flexibility index (Phi) is 6.68. The molecule has 0 atom stereocenters. The van der Waals surface area contributed by atoms with Crippen LogP contribution in [0.1, 0.15) is 13.8 Å². The maximum atomic E-state index is 12.5. The van der Waals surface area contributed by atoms with Crippen LogP contribution >= 0.6 is 0 Å². The maximum Gasteiger partial charge on any atom is 0.430 e. The normalized spacial score (nSPS) is 10.2. The van der Waals surface area contributed by atoms with Crippen molar-refractivity contribution in [1.29, 1.82) is 0 Å². The number of nitro groups is 1. The first-order chi connectivity index (χ1) is 15.7. The molecule has 0 spiro atoms. The van der Waals surface area contributed by atoms with E-state index in [9.17, 15) is 19.7 Å². The lowest BCUT2D eigenvalue weighted by Gasteiger charge is -2.19. The standard InChI is InChI=1S/C23H19N3O7/c1-14(2)31-22(27)25(23(28)32-15(3)4)21-13-16(11-12-24-21)33-20-10-9-19(26(29)30)17-7-5-6-8-18(17)20/h5-13H,1,3H2,2,4H3. The minimum Gasteiger partial charge on any atom is -0.457 e. The summed E-state index contributed by atoms with van der Waals surface area (Å²) in [6.07, 6.45) is -0.855. The number of amides is 2. The lowest BCUT2D eigenvalue weighted by atomic mass is 10.1. The summed E-state index contributed by atoms with van der Waals surface area (Å²) in [5.41, 5.74) is -0.0652. The van der Waals surface area contributed by atoms with Crippen LogP contribution in [0.3, 0.4) is 0 Å². The summed E-state index contributed by atoms with van der Waals surface area (Å²) < 4.78 is 15.8. The van der Waals surface area contributed by atoms with Gasteiger partial charge in [0.1, 0.15) is 11.5 Å². The van der Waals surface area contributed by atoms with E-state index >= 15 is 0 Å². The van der Waals surface area contributed by atoms with E-state index in [1.165, 1.54) is 44.3 Å². The van der Waals surface area contributed by atoms with Gasteiger partial charge in [0.25, 0.3) is 5.69 Å². The van der Waals surface area contributed by atoms with Gasteiger partial charge in [-0.15, -0.1) is 0 Å². The summed E-state index contributed by atoms with van der Waals surface area (Å²) in [5, 5.41) is 12.2. The number of nitro benzene ring substituents is 1.